The molecule has 5 nitrogen and oxygen atoms in total. The first-order valence-electron chi connectivity index (χ1n) is 7.12. The molecule has 1 heterocycles. The quantitative estimate of drug-likeness (QED) is 0.460. The number of hydrogen-bond acceptors (Lipinski definition) is 3. The van der Waals surface area contributed by atoms with Crippen molar-refractivity contribution >= 4 is 11.8 Å². The standard InChI is InChI=1S/C14H27N3O2/c1-14(2,3)11-6-7-13(19)17(10-8-11)9-4-5-12(18)16-15/h11H,4-10,15H2,1-3H3,(H,16,18). The van der Waals surface area contributed by atoms with Crippen LogP contribution in [0.4, 0.5) is 0 Å². The van der Waals surface area contributed by atoms with Crippen LogP contribution in [-0.4, -0.2) is 29.8 Å². The molecule has 1 unspecified atom stereocenters. The van der Waals surface area contributed by atoms with Gasteiger partial charge in [-0.05, 0) is 30.6 Å². The molecule has 1 atom stereocenters. The van der Waals surface area contributed by atoms with Crippen LogP contribution >= 0.6 is 0 Å². The lowest BCUT2D eigenvalue weighted by atomic mass is 9.77. The van der Waals surface area contributed by atoms with E-state index in [2.05, 4.69) is 26.2 Å². The van der Waals surface area contributed by atoms with Crippen molar-refractivity contribution in [2.45, 2.75) is 52.9 Å². The Bertz CT molecular complexity index is 323. The molecule has 2 amide bonds. The number of nitrogens with one attached hydrogen (secondary N) is 1. The fraction of sp³-hybridized carbons (Fsp3) is 0.857. The minimum absolute atomic E-state index is 0.171. The number of amides is 2. The first kappa shape index (κ1) is 16.0. The zero-order valence-electron chi connectivity index (χ0n) is 12.4. The number of nitrogens with zero attached hydrogens (tertiary/aromatic N) is 1. The van der Waals surface area contributed by atoms with Gasteiger partial charge in [-0.1, -0.05) is 20.8 Å². The van der Waals surface area contributed by atoms with Crippen LogP contribution in [0.1, 0.15) is 52.9 Å². The number of hydrogen-bond donors (Lipinski definition) is 2. The lowest BCUT2D eigenvalue weighted by Gasteiger charge is -2.29. The number of hydrazine groups is 1. The predicted octanol–water partition coefficient (Wildman–Crippen LogP) is 1.43. The van der Waals surface area contributed by atoms with E-state index < -0.39 is 0 Å². The molecule has 0 saturated carbocycles. The van der Waals surface area contributed by atoms with Crippen molar-refractivity contribution in [3.63, 3.8) is 0 Å². The summed E-state index contributed by atoms with van der Waals surface area (Å²) in [6, 6.07) is 0. The molecule has 1 saturated heterocycles. The van der Waals surface area contributed by atoms with Gasteiger partial charge in [0.25, 0.3) is 0 Å². The summed E-state index contributed by atoms with van der Waals surface area (Å²) in [5, 5.41) is 0. The van der Waals surface area contributed by atoms with Crippen molar-refractivity contribution in [2.24, 2.45) is 17.2 Å². The lowest BCUT2D eigenvalue weighted by molar-refractivity contribution is -0.131. The maximum absolute atomic E-state index is 12.0. The third-order valence-corrected chi connectivity index (χ3v) is 4.02. The summed E-state index contributed by atoms with van der Waals surface area (Å²) in [4.78, 5) is 25.0. The van der Waals surface area contributed by atoms with Crippen molar-refractivity contribution in [3.8, 4) is 0 Å². The Morgan fingerprint density at radius 2 is 2.11 bits per heavy atom. The average molecular weight is 269 g/mol. The fourth-order valence-corrected chi connectivity index (χ4v) is 2.64. The third-order valence-electron chi connectivity index (χ3n) is 4.02. The van der Waals surface area contributed by atoms with Gasteiger partial charge in [0.15, 0.2) is 0 Å². The molecule has 0 aromatic heterocycles. The van der Waals surface area contributed by atoms with Crippen LogP contribution in [-0.2, 0) is 9.59 Å². The first-order valence-corrected chi connectivity index (χ1v) is 7.12. The predicted molar refractivity (Wildman–Crippen MR) is 74.9 cm³/mol. The summed E-state index contributed by atoms with van der Waals surface area (Å²) in [7, 11) is 0. The van der Waals surface area contributed by atoms with E-state index in [1.54, 1.807) is 0 Å². The van der Waals surface area contributed by atoms with E-state index in [1.165, 1.54) is 0 Å². The highest BCUT2D eigenvalue weighted by Crippen LogP contribution is 2.34. The Labute approximate surface area is 115 Å². The summed E-state index contributed by atoms with van der Waals surface area (Å²) in [6.07, 6.45) is 3.71. The van der Waals surface area contributed by atoms with E-state index in [4.69, 9.17) is 5.84 Å². The van der Waals surface area contributed by atoms with E-state index >= 15 is 0 Å². The molecule has 1 aliphatic heterocycles. The Kier molecular flexibility index (Phi) is 5.79. The number of carbonyl (C=O) groups is 2. The van der Waals surface area contributed by atoms with Crippen LogP contribution in [0.15, 0.2) is 0 Å². The molecule has 19 heavy (non-hydrogen) atoms. The van der Waals surface area contributed by atoms with E-state index in [1.807, 2.05) is 4.90 Å². The normalized spacial score (nSPS) is 21.2. The molecule has 0 bridgehead atoms. The molecule has 1 aliphatic rings. The van der Waals surface area contributed by atoms with Crippen LogP contribution < -0.4 is 11.3 Å². The maximum atomic E-state index is 12.0. The molecule has 1 fully saturated rings. The van der Waals surface area contributed by atoms with Crippen molar-refractivity contribution in [1.82, 2.24) is 10.3 Å². The summed E-state index contributed by atoms with van der Waals surface area (Å²) in [5.74, 6) is 5.67. The number of carbonyl (C=O) groups excluding carboxylic acids is 2. The molecular formula is C14H27N3O2. The number of likely N-dealkylation sites (tertiary alicyclic amines) is 1. The van der Waals surface area contributed by atoms with E-state index in [9.17, 15) is 9.59 Å². The third kappa shape index (κ3) is 5.19. The van der Waals surface area contributed by atoms with Gasteiger partial charge in [0.2, 0.25) is 11.8 Å². The Morgan fingerprint density at radius 1 is 1.42 bits per heavy atom. The van der Waals surface area contributed by atoms with Gasteiger partial charge in [0.1, 0.15) is 0 Å². The summed E-state index contributed by atoms with van der Waals surface area (Å²) < 4.78 is 0. The van der Waals surface area contributed by atoms with Gasteiger partial charge in [0.05, 0.1) is 0 Å². The number of rotatable bonds is 4. The first-order chi connectivity index (χ1) is 8.84. The zero-order valence-corrected chi connectivity index (χ0v) is 12.4. The fourth-order valence-electron chi connectivity index (χ4n) is 2.64. The largest absolute Gasteiger partial charge is 0.343 e. The molecule has 0 aliphatic carbocycles. The van der Waals surface area contributed by atoms with Crippen LogP contribution in [0.25, 0.3) is 0 Å². The van der Waals surface area contributed by atoms with E-state index in [0.29, 0.717) is 31.7 Å². The Balaban J connectivity index is 2.43. The van der Waals surface area contributed by atoms with Gasteiger partial charge in [-0.2, -0.15) is 0 Å². The Hall–Kier alpha value is -1.10. The molecule has 110 valence electrons. The molecule has 0 radical (unpaired) electrons. The van der Waals surface area contributed by atoms with Gasteiger partial charge in [-0.3, -0.25) is 15.0 Å². The van der Waals surface area contributed by atoms with E-state index in [-0.39, 0.29) is 17.2 Å². The van der Waals surface area contributed by atoms with Gasteiger partial charge >= 0.3 is 0 Å². The number of nitrogens with two attached hydrogens (primary N) is 1. The van der Waals surface area contributed by atoms with Crippen LogP contribution in [0.3, 0.4) is 0 Å². The second-order valence-electron chi connectivity index (χ2n) is 6.44. The van der Waals surface area contributed by atoms with Crippen molar-refractivity contribution in [1.29, 1.82) is 0 Å². The van der Waals surface area contributed by atoms with E-state index in [0.717, 1.165) is 19.4 Å². The van der Waals surface area contributed by atoms with Crippen LogP contribution in [0.2, 0.25) is 0 Å². The van der Waals surface area contributed by atoms with Crippen molar-refractivity contribution in [3.05, 3.63) is 0 Å². The summed E-state index contributed by atoms with van der Waals surface area (Å²) in [6.45, 7) is 8.18. The molecule has 0 aromatic carbocycles. The van der Waals surface area contributed by atoms with Crippen molar-refractivity contribution in [2.75, 3.05) is 13.1 Å². The lowest BCUT2D eigenvalue weighted by Crippen LogP contribution is -2.34. The Morgan fingerprint density at radius 3 is 2.68 bits per heavy atom. The summed E-state index contributed by atoms with van der Waals surface area (Å²) >= 11 is 0. The van der Waals surface area contributed by atoms with Crippen LogP contribution in [0.5, 0.6) is 0 Å². The maximum Gasteiger partial charge on any atom is 0.233 e. The molecule has 3 N–H and O–H groups in total. The van der Waals surface area contributed by atoms with Crippen molar-refractivity contribution < 1.29 is 9.59 Å². The second-order valence-corrected chi connectivity index (χ2v) is 6.44. The molecule has 0 aromatic rings. The highest BCUT2D eigenvalue weighted by molar-refractivity contribution is 5.77. The zero-order chi connectivity index (χ0) is 14.5. The topological polar surface area (TPSA) is 75.4 Å². The van der Waals surface area contributed by atoms with Gasteiger partial charge in [-0.25, -0.2) is 5.84 Å². The highest BCUT2D eigenvalue weighted by atomic mass is 16.2. The average Bonchev–Trinajstić information content (AvgIpc) is 2.51. The minimum Gasteiger partial charge on any atom is -0.343 e. The minimum atomic E-state index is -0.171. The van der Waals surface area contributed by atoms with Crippen LogP contribution in [0, 0.1) is 11.3 Å². The smallest absolute Gasteiger partial charge is 0.233 e. The molecule has 1 rings (SSSR count). The van der Waals surface area contributed by atoms with Gasteiger partial charge < -0.3 is 4.90 Å². The molecule has 0 spiro atoms. The second kappa shape index (κ2) is 6.89. The highest BCUT2D eigenvalue weighted by Gasteiger charge is 2.29. The summed E-state index contributed by atoms with van der Waals surface area (Å²) in [5.41, 5.74) is 2.37. The monoisotopic (exact) mass is 269 g/mol. The van der Waals surface area contributed by atoms with Gasteiger partial charge in [0, 0.05) is 25.9 Å². The SMILES string of the molecule is CC(C)(C)C1CCC(=O)N(CCCC(=O)NN)CC1. The molecule has 5 heteroatoms. The molecular weight excluding hydrogens is 242 g/mol. The van der Waals surface area contributed by atoms with Gasteiger partial charge in [-0.15, -0.1) is 0 Å².